The maximum absolute atomic E-state index is 13.2. The fourth-order valence-corrected chi connectivity index (χ4v) is 6.04. The summed E-state index contributed by atoms with van der Waals surface area (Å²) in [6.07, 6.45) is 2.62. The highest BCUT2D eigenvalue weighted by molar-refractivity contribution is 7.93. The molecule has 3 aromatic rings. The minimum atomic E-state index is -3.89. The van der Waals surface area contributed by atoms with E-state index in [9.17, 15) is 18.0 Å². The van der Waals surface area contributed by atoms with E-state index in [2.05, 4.69) is 9.71 Å². The predicted molar refractivity (Wildman–Crippen MR) is 141 cm³/mol. The van der Waals surface area contributed by atoms with Gasteiger partial charge in [-0.25, -0.2) is 13.2 Å². The molecule has 0 spiro atoms. The Morgan fingerprint density at radius 2 is 1.87 bits per heavy atom. The summed E-state index contributed by atoms with van der Waals surface area (Å²) in [6, 6.07) is 14.7. The van der Waals surface area contributed by atoms with Gasteiger partial charge < -0.3 is 19.3 Å². The molecule has 2 saturated heterocycles. The number of nitrogens with zero attached hydrogens (tertiary/aromatic N) is 3. The second kappa shape index (κ2) is 11.0. The average Bonchev–Trinajstić information content (AvgIpc) is 2.93. The first-order valence-electron chi connectivity index (χ1n) is 12.6. The number of ether oxygens (including phenoxy) is 2. The lowest BCUT2D eigenvalue weighted by atomic mass is 10.1. The minimum Gasteiger partial charge on any atom is -0.444 e. The number of amides is 2. The van der Waals surface area contributed by atoms with Gasteiger partial charge in [0.15, 0.2) is 0 Å². The molecule has 0 radical (unpaired) electrons. The second-order valence-electron chi connectivity index (χ2n) is 9.53. The highest BCUT2D eigenvalue weighted by atomic mass is 32.2. The zero-order valence-electron chi connectivity index (χ0n) is 21.1. The first kappa shape index (κ1) is 25.9. The van der Waals surface area contributed by atoms with Crippen molar-refractivity contribution in [2.45, 2.75) is 36.8 Å². The van der Waals surface area contributed by atoms with E-state index in [-0.39, 0.29) is 29.0 Å². The Morgan fingerprint density at radius 1 is 1.08 bits per heavy atom. The van der Waals surface area contributed by atoms with Crippen molar-refractivity contribution in [2.24, 2.45) is 0 Å². The predicted octanol–water partition coefficient (Wildman–Crippen LogP) is 3.50. The van der Waals surface area contributed by atoms with Gasteiger partial charge in [-0.1, -0.05) is 18.2 Å². The highest BCUT2D eigenvalue weighted by Crippen LogP contribution is 2.24. The molecule has 2 aliphatic rings. The smallest absolute Gasteiger partial charge is 0.410 e. The zero-order chi connectivity index (χ0) is 26.7. The van der Waals surface area contributed by atoms with E-state index >= 15 is 0 Å². The molecule has 3 heterocycles. The summed E-state index contributed by atoms with van der Waals surface area (Å²) in [5.74, 6) is -0.182. The molecule has 0 saturated carbocycles. The SMILES string of the molecule is CC1CN(C(=O)O[C@@H]2CCCOC2)CCN1C(=O)c1ccc(NS(=O)(=O)c2cccc3cccnc23)cc1. The number of sulfonamides is 1. The van der Waals surface area contributed by atoms with Crippen molar-refractivity contribution in [1.29, 1.82) is 0 Å². The fourth-order valence-electron chi connectivity index (χ4n) is 4.80. The molecular weight excluding hydrogens is 508 g/mol. The number of piperazine rings is 1. The molecule has 2 atom stereocenters. The average molecular weight is 539 g/mol. The number of para-hydroxylation sites is 1. The van der Waals surface area contributed by atoms with Gasteiger partial charge in [-0.3, -0.25) is 14.5 Å². The van der Waals surface area contributed by atoms with Gasteiger partial charge in [-0.2, -0.15) is 0 Å². The summed E-state index contributed by atoms with van der Waals surface area (Å²) in [4.78, 5) is 33.4. The second-order valence-corrected chi connectivity index (χ2v) is 11.2. The van der Waals surface area contributed by atoms with E-state index in [0.717, 1.165) is 18.2 Å². The van der Waals surface area contributed by atoms with Crippen LogP contribution < -0.4 is 4.72 Å². The molecule has 2 amide bonds. The van der Waals surface area contributed by atoms with Crippen LogP contribution in [0, 0.1) is 0 Å². The molecule has 0 bridgehead atoms. The molecule has 5 rings (SSSR count). The van der Waals surface area contributed by atoms with Crippen LogP contribution in [0.15, 0.2) is 65.7 Å². The summed E-state index contributed by atoms with van der Waals surface area (Å²) in [6.45, 7) is 4.13. The number of benzene rings is 2. The van der Waals surface area contributed by atoms with Gasteiger partial charge in [0.1, 0.15) is 11.0 Å². The number of pyridine rings is 1. The summed E-state index contributed by atoms with van der Waals surface area (Å²) in [5.41, 5.74) is 1.15. The van der Waals surface area contributed by atoms with E-state index < -0.39 is 10.0 Å². The van der Waals surface area contributed by atoms with Crippen LogP contribution in [0.25, 0.3) is 10.9 Å². The van der Waals surface area contributed by atoms with E-state index in [1.165, 1.54) is 6.07 Å². The number of fused-ring (bicyclic) bond motifs is 1. The number of hydrogen-bond donors (Lipinski definition) is 1. The quantitative estimate of drug-likeness (QED) is 0.528. The van der Waals surface area contributed by atoms with Crippen molar-refractivity contribution in [2.75, 3.05) is 37.6 Å². The van der Waals surface area contributed by atoms with E-state index in [1.54, 1.807) is 64.5 Å². The number of carbonyl (C=O) groups is 2. The topological polar surface area (TPSA) is 118 Å². The first-order valence-corrected chi connectivity index (χ1v) is 14.1. The largest absolute Gasteiger partial charge is 0.444 e. The fraction of sp³-hybridized carbons (Fsp3) is 0.370. The van der Waals surface area contributed by atoms with Gasteiger partial charge in [0.05, 0.1) is 12.1 Å². The van der Waals surface area contributed by atoms with Gasteiger partial charge in [0.25, 0.3) is 15.9 Å². The van der Waals surface area contributed by atoms with Gasteiger partial charge >= 0.3 is 6.09 Å². The first-order chi connectivity index (χ1) is 18.3. The number of hydrogen-bond acceptors (Lipinski definition) is 7. The lowest BCUT2D eigenvalue weighted by Crippen LogP contribution is -2.56. The van der Waals surface area contributed by atoms with E-state index in [1.807, 2.05) is 6.92 Å². The van der Waals surface area contributed by atoms with Crippen LogP contribution in [0.4, 0.5) is 10.5 Å². The molecule has 38 heavy (non-hydrogen) atoms. The summed E-state index contributed by atoms with van der Waals surface area (Å²) >= 11 is 0. The highest BCUT2D eigenvalue weighted by Gasteiger charge is 2.32. The van der Waals surface area contributed by atoms with Crippen molar-refractivity contribution in [1.82, 2.24) is 14.8 Å². The Kier molecular flexibility index (Phi) is 7.48. The maximum Gasteiger partial charge on any atom is 0.410 e. The standard InChI is InChI=1S/C27H30N4O6S/c1-19-17-30(27(33)37-23-7-4-16-36-18-23)14-15-31(19)26(32)21-9-11-22(12-10-21)29-38(34,35)24-8-2-5-20-6-3-13-28-25(20)24/h2-3,5-6,8-13,19,23,29H,4,7,14-18H2,1H3/t19?,23-/m1/s1. The third-order valence-electron chi connectivity index (χ3n) is 6.80. The van der Waals surface area contributed by atoms with Crippen LogP contribution in [0.3, 0.4) is 0 Å². The van der Waals surface area contributed by atoms with E-state index in [4.69, 9.17) is 9.47 Å². The molecule has 10 nitrogen and oxygen atoms in total. The summed E-state index contributed by atoms with van der Waals surface area (Å²) in [5, 5.41) is 0.724. The third kappa shape index (κ3) is 5.58. The number of anilines is 1. The Bertz CT molecular complexity index is 1420. The Labute approximate surface area is 221 Å². The van der Waals surface area contributed by atoms with Gasteiger partial charge in [0, 0.05) is 55.1 Å². The lowest BCUT2D eigenvalue weighted by Gasteiger charge is -2.40. The molecule has 2 fully saturated rings. The van der Waals surface area contributed by atoms with Crippen molar-refractivity contribution < 1.29 is 27.5 Å². The number of carbonyl (C=O) groups excluding carboxylic acids is 2. The van der Waals surface area contributed by atoms with Crippen molar-refractivity contribution >= 4 is 38.6 Å². The Morgan fingerprint density at radius 3 is 2.61 bits per heavy atom. The maximum atomic E-state index is 13.2. The zero-order valence-corrected chi connectivity index (χ0v) is 21.9. The van der Waals surface area contributed by atoms with Crippen molar-refractivity contribution in [3.63, 3.8) is 0 Å². The lowest BCUT2D eigenvalue weighted by molar-refractivity contribution is -0.0324. The van der Waals surface area contributed by atoms with E-state index in [0.29, 0.717) is 49.6 Å². The minimum absolute atomic E-state index is 0.0805. The normalized spacial score (nSPS) is 20.2. The molecule has 2 aliphatic heterocycles. The van der Waals surface area contributed by atoms with Gasteiger partial charge in [-0.15, -0.1) is 0 Å². The molecule has 1 unspecified atom stereocenters. The molecule has 0 aliphatic carbocycles. The van der Waals surface area contributed by atoms with Gasteiger partial charge in [0.2, 0.25) is 0 Å². The van der Waals surface area contributed by atoms with Crippen LogP contribution >= 0.6 is 0 Å². The number of rotatable bonds is 5. The number of aromatic nitrogens is 1. The van der Waals surface area contributed by atoms with Crippen molar-refractivity contribution in [3.05, 3.63) is 66.4 Å². The Balaban J connectivity index is 1.21. The third-order valence-corrected chi connectivity index (χ3v) is 8.21. The summed E-state index contributed by atoms with van der Waals surface area (Å²) < 4.78 is 39.6. The van der Waals surface area contributed by atoms with Crippen LogP contribution in [0.2, 0.25) is 0 Å². The van der Waals surface area contributed by atoms with Crippen LogP contribution in [0.5, 0.6) is 0 Å². The summed E-state index contributed by atoms with van der Waals surface area (Å²) in [7, 11) is -3.89. The Hall–Kier alpha value is -3.70. The molecule has 1 N–H and O–H groups in total. The number of nitrogens with one attached hydrogen (secondary N) is 1. The molecular formula is C27H30N4O6S. The monoisotopic (exact) mass is 538 g/mol. The van der Waals surface area contributed by atoms with Crippen LogP contribution in [0.1, 0.15) is 30.1 Å². The molecule has 11 heteroatoms. The molecule has 2 aromatic carbocycles. The van der Waals surface area contributed by atoms with Crippen molar-refractivity contribution in [3.8, 4) is 0 Å². The van der Waals surface area contributed by atoms with Crippen LogP contribution in [-0.4, -0.2) is 80.2 Å². The van der Waals surface area contributed by atoms with Gasteiger partial charge in [-0.05, 0) is 56.2 Å². The molecule has 200 valence electrons. The van der Waals surface area contributed by atoms with Crippen LogP contribution in [-0.2, 0) is 19.5 Å². The molecule has 1 aromatic heterocycles.